The molecule has 104 valence electrons. The van der Waals surface area contributed by atoms with E-state index in [0.717, 1.165) is 6.26 Å². The molecule has 0 atom stereocenters. The van der Waals surface area contributed by atoms with Gasteiger partial charge in [0.05, 0.1) is 6.26 Å². The number of amides is 1. The molecule has 18 heavy (non-hydrogen) atoms. The van der Waals surface area contributed by atoms with Gasteiger partial charge in [0.2, 0.25) is 15.9 Å². The molecule has 1 amide bonds. The van der Waals surface area contributed by atoms with Gasteiger partial charge >= 0.3 is 5.97 Å². The zero-order valence-electron chi connectivity index (χ0n) is 10.6. The molecule has 0 aliphatic carbocycles. The van der Waals surface area contributed by atoms with Crippen molar-refractivity contribution in [3.63, 3.8) is 0 Å². The minimum atomic E-state index is -3.22. The number of hydrogen-bond donors (Lipinski definition) is 3. The molecule has 0 aromatic carbocycles. The van der Waals surface area contributed by atoms with Crippen molar-refractivity contribution in [1.29, 1.82) is 0 Å². The summed E-state index contributed by atoms with van der Waals surface area (Å²) in [5, 5.41) is 11.2. The van der Waals surface area contributed by atoms with Crippen LogP contribution in [-0.4, -0.2) is 44.7 Å². The first kappa shape index (κ1) is 16.6. The molecule has 0 aliphatic rings. The summed E-state index contributed by atoms with van der Waals surface area (Å²) in [6.45, 7) is 3.27. The van der Waals surface area contributed by atoms with Crippen LogP contribution in [0.4, 0.5) is 0 Å². The zero-order chi connectivity index (χ0) is 14.3. The SMILES string of the molecule is CC(C(=O)O)=C(C)C(=O)NCCCNS(C)(=O)=O. The fourth-order valence-corrected chi connectivity index (χ4v) is 1.53. The lowest BCUT2D eigenvalue weighted by Gasteiger charge is -2.07. The molecule has 0 unspecified atom stereocenters. The molecule has 0 saturated heterocycles. The van der Waals surface area contributed by atoms with E-state index in [0.29, 0.717) is 6.42 Å². The van der Waals surface area contributed by atoms with E-state index < -0.39 is 21.9 Å². The van der Waals surface area contributed by atoms with Gasteiger partial charge in [-0.3, -0.25) is 4.79 Å². The van der Waals surface area contributed by atoms with Gasteiger partial charge in [-0.1, -0.05) is 0 Å². The average Bonchev–Trinajstić information content (AvgIpc) is 2.24. The van der Waals surface area contributed by atoms with Crippen LogP contribution in [0.25, 0.3) is 0 Å². The van der Waals surface area contributed by atoms with Gasteiger partial charge < -0.3 is 10.4 Å². The number of rotatable bonds is 7. The Morgan fingerprint density at radius 2 is 1.67 bits per heavy atom. The summed E-state index contributed by atoms with van der Waals surface area (Å²) in [6.07, 6.45) is 1.48. The van der Waals surface area contributed by atoms with Crippen LogP contribution in [0, 0.1) is 0 Å². The van der Waals surface area contributed by atoms with Gasteiger partial charge in [0.25, 0.3) is 0 Å². The van der Waals surface area contributed by atoms with E-state index >= 15 is 0 Å². The lowest BCUT2D eigenvalue weighted by atomic mass is 10.1. The zero-order valence-corrected chi connectivity index (χ0v) is 11.4. The highest BCUT2D eigenvalue weighted by atomic mass is 32.2. The molecule has 0 aliphatic heterocycles. The third-order valence-electron chi connectivity index (χ3n) is 2.23. The Labute approximate surface area is 106 Å². The molecule has 0 aromatic heterocycles. The number of hydrogen-bond acceptors (Lipinski definition) is 4. The van der Waals surface area contributed by atoms with Crippen molar-refractivity contribution < 1.29 is 23.1 Å². The minimum absolute atomic E-state index is 0.0123. The molecular weight excluding hydrogens is 260 g/mol. The normalized spacial score (nSPS) is 12.8. The second kappa shape index (κ2) is 7.12. The van der Waals surface area contributed by atoms with Crippen molar-refractivity contribution >= 4 is 21.9 Å². The molecule has 0 radical (unpaired) electrons. The quantitative estimate of drug-likeness (QED) is 0.428. The summed E-state index contributed by atoms with van der Waals surface area (Å²) in [4.78, 5) is 22.1. The number of aliphatic carboxylic acids is 1. The third kappa shape index (κ3) is 7.02. The van der Waals surface area contributed by atoms with Gasteiger partial charge in [-0.15, -0.1) is 0 Å². The lowest BCUT2D eigenvalue weighted by Crippen LogP contribution is -2.30. The van der Waals surface area contributed by atoms with Crippen LogP contribution in [0.15, 0.2) is 11.1 Å². The second-order valence-electron chi connectivity index (χ2n) is 3.83. The first-order chi connectivity index (χ1) is 8.15. The topological polar surface area (TPSA) is 113 Å². The third-order valence-corrected chi connectivity index (χ3v) is 2.96. The number of carbonyl (C=O) groups is 2. The summed E-state index contributed by atoms with van der Waals surface area (Å²) >= 11 is 0. The van der Waals surface area contributed by atoms with Crippen molar-refractivity contribution in [2.24, 2.45) is 0 Å². The van der Waals surface area contributed by atoms with E-state index in [1.165, 1.54) is 13.8 Å². The molecular formula is C10H18N2O5S. The van der Waals surface area contributed by atoms with Crippen molar-refractivity contribution in [3.05, 3.63) is 11.1 Å². The highest BCUT2D eigenvalue weighted by Gasteiger charge is 2.11. The first-order valence-electron chi connectivity index (χ1n) is 5.28. The van der Waals surface area contributed by atoms with Gasteiger partial charge in [0, 0.05) is 24.2 Å². The van der Waals surface area contributed by atoms with Crippen molar-refractivity contribution in [3.8, 4) is 0 Å². The van der Waals surface area contributed by atoms with Crippen LogP contribution in [0.3, 0.4) is 0 Å². The van der Waals surface area contributed by atoms with Crippen molar-refractivity contribution in [2.75, 3.05) is 19.3 Å². The number of sulfonamides is 1. The van der Waals surface area contributed by atoms with Crippen LogP contribution in [0.5, 0.6) is 0 Å². The van der Waals surface area contributed by atoms with Crippen LogP contribution in [0.2, 0.25) is 0 Å². The lowest BCUT2D eigenvalue weighted by molar-refractivity contribution is -0.133. The summed E-state index contributed by atoms with van der Waals surface area (Å²) in [7, 11) is -3.22. The molecule has 8 heteroatoms. The molecule has 7 nitrogen and oxygen atoms in total. The van der Waals surface area contributed by atoms with Gasteiger partial charge in [-0.25, -0.2) is 17.9 Å². The highest BCUT2D eigenvalue weighted by molar-refractivity contribution is 7.88. The van der Waals surface area contributed by atoms with E-state index in [1.54, 1.807) is 0 Å². The van der Waals surface area contributed by atoms with Gasteiger partial charge in [-0.05, 0) is 20.3 Å². The molecule has 0 saturated carbocycles. The fraction of sp³-hybridized carbons (Fsp3) is 0.600. The van der Waals surface area contributed by atoms with Gasteiger partial charge in [-0.2, -0.15) is 0 Å². The smallest absolute Gasteiger partial charge is 0.331 e. The Balaban J connectivity index is 4.06. The monoisotopic (exact) mass is 278 g/mol. The van der Waals surface area contributed by atoms with Gasteiger partial charge in [0.1, 0.15) is 0 Å². The summed E-state index contributed by atoms with van der Waals surface area (Å²) in [5.74, 6) is -1.60. The maximum atomic E-state index is 11.5. The first-order valence-corrected chi connectivity index (χ1v) is 7.18. The second-order valence-corrected chi connectivity index (χ2v) is 5.66. The van der Waals surface area contributed by atoms with E-state index in [1.807, 2.05) is 0 Å². The molecule has 3 N–H and O–H groups in total. The maximum absolute atomic E-state index is 11.5. The number of carboxylic acids is 1. The van der Waals surface area contributed by atoms with Crippen molar-refractivity contribution in [1.82, 2.24) is 10.0 Å². The maximum Gasteiger partial charge on any atom is 0.331 e. The van der Waals surface area contributed by atoms with E-state index in [4.69, 9.17) is 5.11 Å². The molecule has 0 aromatic rings. The van der Waals surface area contributed by atoms with Crippen LogP contribution in [0.1, 0.15) is 20.3 Å². The number of carbonyl (C=O) groups excluding carboxylic acids is 1. The number of carboxylic acid groups (broad SMARTS) is 1. The highest BCUT2D eigenvalue weighted by Crippen LogP contribution is 2.03. The predicted molar refractivity (Wildman–Crippen MR) is 66.5 cm³/mol. The summed E-state index contributed by atoms with van der Waals surface area (Å²) in [5.41, 5.74) is 0.125. The minimum Gasteiger partial charge on any atom is -0.478 e. The van der Waals surface area contributed by atoms with Crippen LogP contribution >= 0.6 is 0 Å². The molecule has 0 heterocycles. The Kier molecular flexibility index (Phi) is 6.56. The molecule has 0 spiro atoms. The van der Waals surface area contributed by atoms with Crippen LogP contribution < -0.4 is 10.0 Å². The Hall–Kier alpha value is -1.41. The number of nitrogens with one attached hydrogen (secondary N) is 2. The standard InChI is InChI=1S/C10H18N2O5S/c1-7(8(2)10(14)15)9(13)11-5-4-6-12-18(3,16)17/h12H,4-6H2,1-3H3,(H,11,13)(H,14,15). The molecule has 0 bridgehead atoms. The fourth-order valence-electron chi connectivity index (χ4n) is 1.01. The Morgan fingerprint density at radius 1 is 1.11 bits per heavy atom. The molecule has 0 fully saturated rings. The predicted octanol–water partition coefficient (Wildman–Crippen LogP) is -0.537. The largest absolute Gasteiger partial charge is 0.478 e. The van der Waals surface area contributed by atoms with E-state index in [2.05, 4.69) is 10.0 Å². The summed E-state index contributed by atoms with van der Waals surface area (Å²) < 4.78 is 23.7. The summed E-state index contributed by atoms with van der Waals surface area (Å²) in [6, 6.07) is 0. The average molecular weight is 278 g/mol. The molecule has 0 rings (SSSR count). The Bertz CT molecular complexity index is 453. The van der Waals surface area contributed by atoms with Crippen LogP contribution in [-0.2, 0) is 19.6 Å². The van der Waals surface area contributed by atoms with E-state index in [9.17, 15) is 18.0 Å². The van der Waals surface area contributed by atoms with Gasteiger partial charge in [0.15, 0.2) is 0 Å². The van der Waals surface area contributed by atoms with E-state index in [-0.39, 0.29) is 24.2 Å². The van der Waals surface area contributed by atoms with Crippen molar-refractivity contribution in [2.45, 2.75) is 20.3 Å². The Morgan fingerprint density at radius 3 is 2.11 bits per heavy atom.